The molecule has 0 amide bonds. The molecule has 0 aliphatic rings. The van der Waals surface area contributed by atoms with Gasteiger partial charge in [-0.15, -0.1) is 5.10 Å². The van der Waals surface area contributed by atoms with E-state index in [1.54, 1.807) is 12.3 Å². The summed E-state index contributed by atoms with van der Waals surface area (Å²) in [7, 11) is 4.17. The summed E-state index contributed by atoms with van der Waals surface area (Å²) < 4.78 is 4.07. The zero-order valence-corrected chi connectivity index (χ0v) is 17.1. The summed E-state index contributed by atoms with van der Waals surface area (Å²) in [5.41, 5.74) is 4.02. The number of para-hydroxylation sites is 1. The Labute approximate surface area is 174 Å². The molecule has 5 rings (SSSR count). The van der Waals surface area contributed by atoms with Gasteiger partial charge in [-0.3, -0.25) is 0 Å². The van der Waals surface area contributed by atoms with E-state index in [0.29, 0.717) is 0 Å². The van der Waals surface area contributed by atoms with Gasteiger partial charge in [-0.1, -0.05) is 23.4 Å². The third-order valence-electron chi connectivity index (χ3n) is 5.44. The number of phenols is 1. The molecular formula is C23H24N6O. The van der Waals surface area contributed by atoms with E-state index in [1.807, 2.05) is 35.0 Å². The first kappa shape index (κ1) is 18.4. The number of nitrogens with one attached hydrogen (secondary N) is 1. The van der Waals surface area contributed by atoms with E-state index < -0.39 is 0 Å². The third-order valence-corrected chi connectivity index (χ3v) is 5.44. The number of aromatic amines is 1. The van der Waals surface area contributed by atoms with Crippen molar-refractivity contribution in [3.05, 3.63) is 60.9 Å². The van der Waals surface area contributed by atoms with Crippen molar-refractivity contribution in [1.82, 2.24) is 29.4 Å². The first-order valence-corrected chi connectivity index (χ1v) is 10.1. The lowest BCUT2D eigenvalue weighted by Gasteiger charge is -2.10. The van der Waals surface area contributed by atoms with Crippen molar-refractivity contribution in [3.63, 3.8) is 0 Å². The number of aromatic hydroxyl groups is 1. The van der Waals surface area contributed by atoms with Crippen LogP contribution in [0.1, 0.15) is 6.42 Å². The Morgan fingerprint density at radius 2 is 1.97 bits per heavy atom. The fourth-order valence-electron chi connectivity index (χ4n) is 4.00. The number of hydrogen-bond acceptors (Lipinski definition) is 4. The Balaban J connectivity index is 1.62. The Hall–Kier alpha value is -3.58. The van der Waals surface area contributed by atoms with E-state index in [0.717, 1.165) is 58.4 Å². The minimum absolute atomic E-state index is 0.249. The molecule has 2 N–H and O–H groups in total. The third kappa shape index (κ3) is 3.23. The van der Waals surface area contributed by atoms with Crippen molar-refractivity contribution in [1.29, 1.82) is 0 Å². The van der Waals surface area contributed by atoms with Crippen LogP contribution in [0.2, 0.25) is 0 Å². The van der Waals surface area contributed by atoms with E-state index in [9.17, 15) is 5.11 Å². The number of aromatic nitrogens is 5. The van der Waals surface area contributed by atoms with Crippen LogP contribution in [0.5, 0.6) is 5.75 Å². The van der Waals surface area contributed by atoms with Crippen molar-refractivity contribution in [2.45, 2.75) is 13.0 Å². The molecule has 0 bridgehead atoms. The van der Waals surface area contributed by atoms with Crippen molar-refractivity contribution in [2.24, 2.45) is 0 Å². The van der Waals surface area contributed by atoms with Crippen LogP contribution < -0.4 is 0 Å². The highest BCUT2D eigenvalue weighted by Gasteiger charge is 2.17. The lowest BCUT2D eigenvalue weighted by Crippen LogP contribution is -2.14. The van der Waals surface area contributed by atoms with Crippen molar-refractivity contribution in [3.8, 4) is 22.8 Å². The molecule has 0 saturated carbocycles. The van der Waals surface area contributed by atoms with E-state index in [-0.39, 0.29) is 5.75 Å². The predicted octanol–water partition coefficient (Wildman–Crippen LogP) is 4.03. The minimum atomic E-state index is 0.249. The van der Waals surface area contributed by atoms with Gasteiger partial charge in [0.15, 0.2) is 0 Å². The Morgan fingerprint density at radius 1 is 1.10 bits per heavy atom. The molecule has 7 nitrogen and oxygen atoms in total. The highest BCUT2D eigenvalue weighted by Crippen LogP contribution is 2.34. The van der Waals surface area contributed by atoms with Gasteiger partial charge in [0.05, 0.1) is 11.9 Å². The summed E-state index contributed by atoms with van der Waals surface area (Å²) in [5.74, 6) is 1.11. The number of nitrogens with zero attached hydrogens (tertiary/aromatic N) is 5. The molecule has 3 heterocycles. The molecule has 5 aromatic rings. The monoisotopic (exact) mass is 400 g/mol. The molecule has 3 aromatic heterocycles. The molecule has 0 spiro atoms. The molecule has 0 aliphatic heterocycles. The molecule has 0 fully saturated rings. The second kappa shape index (κ2) is 7.35. The van der Waals surface area contributed by atoms with E-state index in [4.69, 9.17) is 0 Å². The second-order valence-electron chi connectivity index (χ2n) is 7.87. The normalized spacial score (nSPS) is 11.8. The van der Waals surface area contributed by atoms with E-state index >= 15 is 0 Å². The van der Waals surface area contributed by atoms with Gasteiger partial charge in [0.25, 0.3) is 0 Å². The SMILES string of the molecule is CN(C)CCCn1cc(-c2cnnn2-c2cc3ccccc3[nH]2)c2cc(O)ccc21. The maximum Gasteiger partial charge on any atom is 0.135 e. The molecule has 0 radical (unpaired) electrons. The average Bonchev–Trinajstić information content (AvgIpc) is 3.43. The molecule has 2 aromatic carbocycles. The molecule has 7 heteroatoms. The smallest absolute Gasteiger partial charge is 0.135 e. The van der Waals surface area contributed by atoms with Crippen molar-refractivity contribution in [2.75, 3.05) is 20.6 Å². The Morgan fingerprint density at radius 3 is 2.80 bits per heavy atom. The maximum absolute atomic E-state index is 10.1. The topological polar surface area (TPSA) is 74.9 Å². The molecule has 0 atom stereocenters. The zero-order chi connectivity index (χ0) is 20.7. The van der Waals surface area contributed by atoms with Gasteiger partial charge in [-0.05, 0) is 57.4 Å². The summed E-state index contributed by atoms with van der Waals surface area (Å²) in [4.78, 5) is 5.61. The van der Waals surface area contributed by atoms with Gasteiger partial charge in [0, 0.05) is 40.1 Å². The number of rotatable bonds is 6. The summed E-state index contributed by atoms with van der Waals surface area (Å²) in [6.07, 6.45) is 4.95. The van der Waals surface area contributed by atoms with Gasteiger partial charge in [-0.2, -0.15) is 4.68 Å². The quantitative estimate of drug-likeness (QED) is 0.451. The van der Waals surface area contributed by atoms with Crippen LogP contribution in [0.3, 0.4) is 0 Å². The van der Waals surface area contributed by atoms with Crippen LogP contribution in [0.15, 0.2) is 60.9 Å². The minimum Gasteiger partial charge on any atom is -0.508 e. The van der Waals surface area contributed by atoms with Gasteiger partial charge in [0.1, 0.15) is 11.6 Å². The van der Waals surface area contributed by atoms with E-state index in [2.05, 4.69) is 57.2 Å². The Kier molecular flexibility index (Phi) is 4.52. The van der Waals surface area contributed by atoms with Crippen molar-refractivity contribution >= 4 is 21.8 Å². The molecule has 0 aliphatic carbocycles. The molecule has 152 valence electrons. The van der Waals surface area contributed by atoms with Crippen LogP contribution in [0.25, 0.3) is 38.9 Å². The first-order chi connectivity index (χ1) is 14.6. The predicted molar refractivity (Wildman–Crippen MR) is 119 cm³/mol. The van der Waals surface area contributed by atoms with Crippen LogP contribution in [-0.2, 0) is 6.54 Å². The number of fused-ring (bicyclic) bond motifs is 2. The lowest BCUT2D eigenvalue weighted by molar-refractivity contribution is 0.388. The highest BCUT2D eigenvalue weighted by molar-refractivity contribution is 5.96. The van der Waals surface area contributed by atoms with Gasteiger partial charge in [-0.25, -0.2) is 0 Å². The van der Waals surface area contributed by atoms with Crippen LogP contribution >= 0.6 is 0 Å². The summed E-state index contributed by atoms with van der Waals surface area (Å²) in [5, 5.41) is 20.8. The average molecular weight is 400 g/mol. The number of H-pyrrole nitrogens is 1. The van der Waals surface area contributed by atoms with Crippen molar-refractivity contribution < 1.29 is 5.11 Å². The van der Waals surface area contributed by atoms with Crippen LogP contribution in [0, 0.1) is 0 Å². The molecular weight excluding hydrogens is 376 g/mol. The molecule has 30 heavy (non-hydrogen) atoms. The number of phenolic OH excluding ortho intramolecular Hbond substituents is 1. The van der Waals surface area contributed by atoms with Gasteiger partial charge < -0.3 is 19.6 Å². The summed E-state index contributed by atoms with van der Waals surface area (Å²) in [6.45, 7) is 1.91. The summed E-state index contributed by atoms with van der Waals surface area (Å²) in [6, 6.07) is 15.7. The number of benzene rings is 2. The number of aryl methyl sites for hydroxylation is 1. The zero-order valence-electron chi connectivity index (χ0n) is 17.1. The first-order valence-electron chi connectivity index (χ1n) is 10.1. The fourth-order valence-corrected chi connectivity index (χ4v) is 4.00. The van der Waals surface area contributed by atoms with Crippen LogP contribution in [-0.4, -0.2) is 55.2 Å². The molecule has 0 saturated heterocycles. The van der Waals surface area contributed by atoms with Gasteiger partial charge >= 0.3 is 0 Å². The number of hydrogen-bond donors (Lipinski definition) is 2. The fraction of sp³-hybridized carbons (Fsp3) is 0.217. The highest BCUT2D eigenvalue weighted by atomic mass is 16.3. The standard InChI is InChI=1S/C23H24N6O/c1-27(2)10-5-11-28-15-19(18-13-17(30)8-9-21(18)28)22-14-24-26-29(22)23-12-16-6-3-4-7-20(16)25-23/h3-4,6-9,12-15,25,30H,5,10-11H2,1-2H3. The molecule has 0 unspecified atom stereocenters. The summed E-state index contributed by atoms with van der Waals surface area (Å²) >= 11 is 0. The maximum atomic E-state index is 10.1. The van der Waals surface area contributed by atoms with Gasteiger partial charge in [0.2, 0.25) is 0 Å². The lowest BCUT2D eigenvalue weighted by atomic mass is 10.1. The Bertz CT molecular complexity index is 1290. The largest absolute Gasteiger partial charge is 0.508 e. The van der Waals surface area contributed by atoms with E-state index in [1.165, 1.54) is 0 Å². The second-order valence-corrected chi connectivity index (χ2v) is 7.87. The van der Waals surface area contributed by atoms with Crippen LogP contribution in [0.4, 0.5) is 0 Å².